The zero-order chi connectivity index (χ0) is 19.1. The van der Waals surface area contributed by atoms with Gasteiger partial charge in [0.15, 0.2) is 11.5 Å². The average Bonchev–Trinajstić information content (AvgIpc) is 2.70. The van der Waals surface area contributed by atoms with Crippen LogP contribution in [0.4, 0.5) is 0 Å². The third-order valence-electron chi connectivity index (χ3n) is 3.93. The standard InChI is InChI=1S/C19H23NO6/c1-5-9-26-17-12(7-6-8-15(17)23-2)16-13(18(21)24-3)10-20-11-14(16)19(22)25-4/h6-8,10-11,16,20H,5,9H2,1-4H3. The summed E-state index contributed by atoms with van der Waals surface area (Å²) in [7, 11) is 4.11. The van der Waals surface area contributed by atoms with Gasteiger partial charge in [0.25, 0.3) is 0 Å². The highest BCUT2D eigenvalue weighted by atomic mass is 16.5. The maximum Gasteiger partial charge on any atom is 0.336 e. The van der Waals surface area contributed by atoms with E-state index in [1.165, 1.54) is 33.7 Å². The Bertz CT molecular complexity index is 706. The largest absolute Gasteiger partial charge is 0.493 e. The Kier molecular flexibility index (Phi) is 6.66. The van der Waals surface area contributed by atoms with E-state index < -0.39 is 17.9 Å². The zero-order valence-electron chi connectivity index (χ0n) is 15.3. The number of nitrogens with one attached hydrogen (secondary N) is 1. The van der Waals surface area contributed by atoms with Crippen molar-refractivity contribution in [2.24, 2.45) is 0 Å². The van der Waals surface area contributed by atoms with Crippen molar-refractivity contribution in [1.82, 2.24) is 5.32 Å². The van der Waals surface area contributed by atoms with Crippen molar-refractivity contribution < 1.29 is 28.5 Å². The summed E-state index contributed by atoms with van der Waals surface area (Å²) in [6.07, 6.45) is 3.81. The molecule has 0 spiro atoms. The molecule has 1 aromatic rings. The van der Waals surface area contributed by atoms with Gasteiger partial charge in [0.2, 0.25) is 0 Å². The van der Waals surface area contributed by atoms with E-state index in [0.29, 0.717) is 23.7 Å². The van der Waals surface area contributed by atoms with Crippen molar-refractivity contribution in [1.29, 1.82) is 0 Å². The van der Waals surface area contributed by atoms with Gasteiger partial charge in [-0.1, -0.05) is 19.1 Å². The van der Waals surface area contributed by atoms with E-state index in [-0.39, 0.29) is 11.1 Å². The van der Waals surface area contributed by atoms with Gasteiger partial charge < -0.3 is 24.3 Å². The quantitative estimate of drug-likeness (QED) is 0.746. The lowest BCUT2D eigenvalue weighted by atomic mass is 9.83. The molecule has 0 radical (unpaired) electrons. The van der Waals surface area contributed by atoms with Gasteiger partial charge >= 0.3 is 11.9 Å². The Labute approximate surface area is 152 Å². The number of ether oxygens (including phenoxy) is 4. The minimum Gasteiger partial charge on any atom is -0.493 e. The molecule has 0 aromatic heterocycles. The second-order valence-electron chi connectivity index (χ2n) is 5.51. The van der Waals surface area contributed by atoms with E-state index in [4.69, 9.17) is 18.9 Å². The number of benzene rings is 1. The van der Waals surface area contributed by atoms with E-state index in [2.05, 4.69) is 5.32 Å². The van der Waals surface area contributed by atoms with Gasteiger partial charge in [0, 0.05) is 18.0 Å². The second kappa shape index (κ2) is 8.94. The van der Waals surface area contributed by atoms with Crippen LogP contribution >= 0.6 is 0 Å². The molecule has 0 amide bonds. The summed E-state index contributed by atoms with van der Waals surface area (Å²) < 4.78 is 21.1. The smallest absolute Gasteiger partial charge is 0.336 e. The minimum atomic E-state index is -0.710. The second-order valence-corrected chi connectivity index (χ2v) is 5.51. The van der Waals surface area contributed by atoms with E-state index in [0.717, 1.165) is 6.42 Å². The first kappa shape index (κ1) is 19.4. The first-order valence-corrected chi connectivity index (χ1v) is 8.21. The topological polar surface area (TPSA) is 83.1 Å². The van der Waals surface area contributed by atoms with Crippen molar-refractivity contribution >= 4 is 11.9 Å². The molecule has 1 aliphatic rings. The predicted molar refractivity (Wildman–Crippen MR) is 94.9 cm³/mol. The Hall–Kier alpha value is -2.96. The van der Waals surface area contributed by atoms with Gasteiger partial charge in [-0.2, -0.15) is 0 Å². The number of carbonyl (C=O) groups excluding carboxylic acids is 2. The van der Waals surface area contributed by atoms with Gasteiger partial charge in [0.05, 0.1) is 45.0 Å². The first-order valence-electron chi connectivity index (χ1n) is 8.21. The van der Waals surface area contributed by atoms with Crippen molar-refractivity contribution in [3.05, 3.63) is 47.3 Å². The lowest BCUT2D eigenvalue weighted by Crippen LogP contribution is -2.26. The fourth-order valence-electron chi connectivity index (χ4n) is 2.76. The van der Waals surface area contributed by atoms with Crippen LogP contribution in [0.1, 0.15) is 24.8 Å². The zero-order valence-corrected chi connectivity index (χ0v) is 15.3. The molecule has 0 atom stereocenters. The summed E-state index contributed by atoms with van der Waals surface area (Å²) in [6, 6.07) is 5.33. The highest BCUT2D eigenvalue weighted by Crippen LogP contribution is 2.43. The minimum absolute atomic E-state index is 0.269. The number of hydrogen-bond acceptors (Lipinski definition) is 7. The molecular formula is C19H23NO6. The third-order valence-corrected chi connectivity index (χ3v) is 3.93. The summed E-state index contributed by atoms with van der Waals surface area (Å²) in [6.45, 7) is 2.45. The van der Waals surface area contributed by atoms with Crippen LogP contribution in [-0.2, 0) is 19.1 Å². The summed E-state index contributed by atoms with van der Waals surface area (Å²) >= 11 is 0. The van der Waals surface area contributed by atoms with Crippen LogP contribution in [0.15, 0.2) is 41.7 Å². The molecule has 7 heteroatoms. The van der Waals surface area contributed by atoms with Gasteiger partial charge in [-0.05, 0) is 12.5 Å². The highest BCUT2D eigenvalue weighted by molar-refractivity contribution is 5.98. The number of methoxy groups -OCH3 is 3. The van der Waals surface area contributed by atoms with Crippen LogP contribution in [0.3, 0.4) is 0 Å². The van der Waals surface area contributed by atoms with Gasteiger partial charge in [0.1, 0.15) is 0 Å². The SMILES string of the molecule is CCCOc1c(OC)cccc1C1C(C(=O)OC)=CNC=C1C(=O)OC. The first-order chi connectivity index (χ1) is 12.6. The molecule has 0 saturated carbocycles. The van der Waals surface area contributed by atoms with Crippen LogP contribution < -0.4 is 14.8 Å². The van der Waals surface area contributed by atoms with Gasteiger partial charge in [-0.25, -0.2) is 9.59 Å². The van der Waals surface area contributed by atoms with Gasteiger partial charge in [-0.15, -0.1) is 0 Å². The average molecular weight is 361 g/mol. The monoisotopic (exact) mass is 361 g/mol. The lowest BCUT2D eigenvalue weighted by Gasteiger charge is -2.26. The highest BCUT2D eigenvalue weighted by Gasteiger charge is 2.36. The molecule has 7 nitrogen and oxygen atoms in total. The Balaban J connectivity index is 2.63. The summed E-state index contributed by atoms with van der Waals surface area (Å²) in [5.41, 5.74) is 1.16. The maximum atomic E-state index is 12.3. The molecule has 140 valence electrons. The lowest BCUT2D eigenvalue weighted by molar-refractivity contribution is -0.137. The van der Waals surface area contributed by atoms with Crippen LogP contribution in [0.2, 0.25) is 0 Å². The molecule has 1 aromatic carbocycles. The van der Waals surface area contributed by atoms with Crippen LogP contribution in [0.25, 0.3) is 0 Å². The molecule has 0 unspecified atom stereocenters. The molecule has 2 rings (SSSR count). The molecule has 0 aliphatic carbocycles. The maximum absolute atomic E-state index is 12.3. The Morgan fingerprint density at radius 3 is 2.15 bits per heavy atom. The fourth-order valence-corrected chi connectivity index (χ4v) is 2.76. The van der Waals surface area contributed by atoms with Crippen LogP contribution in [0, 0.1) is 0 Å². The number of esters is 2. The van der Waals surface area contributed by atoms with E-state index in [1.807, 2.05) is 6.92 Å². The summed E-state index contributed by atoms with van der Waals surface area (Å²) in [4.78, 5) is 24.6. The van der Waals surface area contributed by atoms with Crippen LogP contribution in [0.5, 0.6) is 11.5 Å². The Morgan fingerprint density at radius 2 is 1.65 bits per heavy atom. The molecule has 26 heavy (non-hydrogen) atoms. The molecule has 0 fully saturated rings. The van der Waals surface area contributed by atoms with Crippen molar-refractivity contribution in [3.8, 4) is 11.5 Å². The van der Waals surface area contributed by atoms with E-state index in [9.17, 15) is 9.59 Å². The number of rotatable bonds is 7. The normalized spacial score (nSPS) is 13.8. The number of carbonyl (C=O) groups is 2. The van der Waals surface area contributed by atoms with E-state index in [1.54, 1.807) is 18.2 Å². The summed E-state index contributed by atoms with van der Waals surface area (Å²) in [5.74, 6) is -0.822. The molecule has 0 saturated heterocycles. The number of para-hydroxylation sites is 1. The van der Waals surface area contributed by atoms with Crippen molar-refractivity contribution in [3.63, 3.8) is 0 Å². The van der Waals surface area contributed by atoms with Crippen LogP contribution in [-0.4, -0.2) is 39.9 Å². The van der Waals surface area contributed by atoms with Crippen molar-refractivity contribution in [2.75, 3.05) is 27.9 Å². The fraction of sp³-hybridized carbons (Fsp3) is 0.368. The van der Waals surface area contributed by atoms with E-state index >= 15 is 0 Å². The van der Waals surface area contributed by atoms with Gasteiger partial charge in [-0.3, -0.25) is 0 Å². The number of dihydropyridines is 1. The Morgan fingerprint density at radius 1 is 1.04 bits per heavy atom. The summed E-state index contributed by atoms with van der Waals surface area (Å²) in [5, 5.41) is 2.81. The third kappa shape index (κ3) is 3.82. The molecule has 0 bridgehead atoms. The molecule has 1 N–H and O–H groups in total. The number of hydrogen-bond donors (Lipinski definition) is 1. The van der Waals surface area contributed by atoms with Crippen molar-refractivity contribution in [2.45, 2.75) is 19.3 Å². The molecular weight excluding hydrogens is 338 g/mol. The molecule has 1 aliphatic heterocycles. The predicted octanol–water partition coefficient (Wildman–Crippen LogP) is 2.28. The molecule has 1 heterocycles.